The molecule has 0 aliphatic carbocycles. The highest BCUT2D eigenvalue weighted by Gasteiger charge is 2.23. The molecule has 8 nitrogen and oxygen atoms in total. The third-order valence-corrected chi connectivity index (χ3v) is 7.08. The highest BCUT2D eigenvalue weighted by Crippen LogP contribution is 2.12. The van der Waals surface area contributed by atoms with Crippen LogP contribution in [0.4, 0.5) is 0 Å². The van der Waals surface area contributed by atoms with E-state index in [4.69, 9.17) is 4.74 Å². The Kier molecular flexibility index (Phi) is 9.19. The van der Waals surface area contributed by atoms with E-state index in [9.17, 15) is 8.42 Å². The Morgan fingerprint density at radius 3 is 2.48 bits per heavy atom. The first kappa shape index (κ1) is 22.7. The number of rotatable bonds is 12. The quantitative estimate of drug-likeness (QED) is 0.382. The topological polar surface area (TPSA) is 89.4 Å². The second kappa shape index (κ2) is 10.1. The van der Waals surface area contributed by atoms with Crippen molar-refractivity contribution in [3.63, 3.8) is 0 Å². The van der Waals surface area contributed by atoms with Crippen LogP contribution in [0.5, 0.6) is 0 Å². The van der Waals surface area contributed by atoms with Gasteiger partial charge in [-0.3, -0.25) is 0 Å². The molecule has 0 radical (unpaired) electrons. The van der Waals surface area contributed by atoms with Crippen LogP contribution < -0.4 is 4.72 Å². The fraction of sp³-hybridized carbons (Fsp3) is 0.857. The summed E-state index contributed by atoms with van der Waals surface area (Å²) in [4.78, 5) is 6.12. The minimum atomic E-state index is -3.74. The van der Waals surface area contributed by atoms with Gasteiger partial charge in [-0.2, -0.15) is 4.98 Å². The van der Waals surface area contributed by atoms with Gasteiger partial charge in [0.05, 0.1) is 0 Å². The zero-order valence-electron chi connectivity index (χ0n) is 15.7. The van der Waals surface area contributed by atoms with E-state index < -0.39 is 18.1 Å². The number of hydrogen-bond acceptors (Lipinski definition) is 6. The van der Waals surface area contributed by atoms with E-state index in [1.54, 1.807) is 0 Å². The van der Waals surface area contributed by atoms with Crippen molar-refractivity contribution >= 4 is 34.0 Å². The lowest BCUT2D eigenvalue weighted by Gasteiger charge is -2.18. The van der Waals surface area contributed by atoms with E-state index in [0.29, 0.717) is 19.7 Å². The molecule has 0 aliphatic rings. The van der Waals surface area contributed by atoms with Crippen molar-refractivity contribution < 1.29 is 13.2 Å². The summed E-state index contributed by atoms with van der Waals surface area (Å²) >= 11 is 3.14. The lowest BCUT2D eigenvalue weighted by atomic mass is 10.5. The lowest BCUT2D eigenvalue weighted by Crippen LogP contribution is -2.36. The minimum absolute atomic E-state index is 0.0648. The normalized spacial score (nSPS) is 12.9. The molecule has 0 spiro atoms. The van der Waals surface area contributed by atoms with Gasteiger partial charge in [0.25, 0.3) is 15.2 Å². The molecule has 146 valence electrons. The number of likely N-dealkylation sites (N-methyl/N-ethyl adjacent to an activating group) is 1. The van der Waals surface area contributed by atoms with Crippen LogP contribution in [0, 0.1) is 0 Å². The molecule has 0 unspecified atom stereocenters. The number of sulfonamides is 1. The largest absolute Gasteiger partial charge is 0.359 e. The molecule has 0 amide bonds. The van der Waals surface area contributed by atoms with Crippen molar-refractivity contribution in [3.8, 4) is 0 Å². The fourth-order valence-corrected chi connectivity index (χ4v) is 4.36. The van der Waals surface area contributed by atoms with E-state index >= 15 is 0 Å². The van der Waals surface area contributed by atoms with Crippen LogP contribution in [0.3, 0.4) is 0 Å². The summed E-state index contributed by atoms with van der Waals surface area (Å²) in [6.07, 6.45) is 0. The van der Waals surface area contributed by atoms with Gasteiger partial charge in [0.1, 0.15) is 6.73 Å². The molecule has 1 heterocycles. The van der Waals surface area contributed by atoms with Crippen LogP contribution in [0.25, 0.3) is 0 Å². The van der Waals surface area contributed by atoms with E-state index in [1.807, 2.05) is 13.8 Å². The molecular formula is C14H30BrN5O3SSi. The molecule has 1 aromatic rings. The van der Waals surface area contributed by atoms with Crippen LogP contribution in [-0.2, 0) is 21.5 Å². The Balaban J connectivity index is 2.67. The van der Waals surface area contributed by atoms with Crippen molar-refractivity contribution in [1.82, 2.24) is 24.4 Å². The molecule has 1 aromatic heterocycles. The van der Waals surface area contributed by atoms with Crippen LogP contribution in [-0.4, -0.2) is 68.9 Å². The van der Waals surface area contributed by atoms with E-state index in [2.05, 4.69) is 55.3 Å². The van der Waals surface area contributed by atoms with Gasteiger partial charge in [0.15, 0.2) is 0 Å². The minimum Gasteiger partial charge on any atom is -0.359 e. The van der Waals surface area contributed by atoms with E-state index in [0.717, 1.165) is 19.1 Å². The van der Waals surface area contributed by atoms with Gasteiger partial charge in [0, 0.05) is 27.8 Å². The van der Waals surface area contributed by atoms with Crippen LogP contribution in [0.1, 0.15) is 13.8 Å². The molecule has 25 heavy (non-hydrogen) atoms. The Labute approximate surface area is 160 Å². The molecule has 0 bridgehead atoms. The number of nitrogens with zero attached hydrogens (tertiary/aromatic N) is 4. The van der Waals surface area contributed by atoms with Crippen molar-refractivity contribution in [2.75, 3.05) is 32.8 Å². The SMILES string of the molecule is CCN(CC)CCNS(=O)(=O)c1nc(Br)nn1COCC[Si](C)(C)C. The maximum Gasteiger partial charge on any atom is 0.276 e. The first-order valence-corrected chi connectivity index (χ1v) is 14.5. The summed E-state index contributed by atoms with van der Waals surface area (Å²) in [5.41, 5.74) is 0. The summed E-state index contributed by atoms with van der Waals surface area (Å²) in [5.74, 6) is 0. The van der Waals surface area contributed by atoms with Gasteiger partial charge in [-0.1, -0.05) is 33.5 Å². The average Bonchev–Trinajstić information content (AvgIpc) is 2.89. The second-order valence-electron chi connectivity index (χ2n) is 6.94. The number of ether oxygens (including phenoxy) is 1. The highest BCUT2D eigenvalue weighted by molar-refractivity contribution is 9.10. The maximum absolute atomic E-state index is 12.5. The standard InChI is InChI=1S/C14H30BrN5O3SSi/c1-6-19(7-2)9-8-16-24(21,22)14-17-13(15)18-20(14)12-23-10-11-25(3,4)5/h16H,6-12H2,1-5H3. The van der Waals surface area contributed by atoms with Crippen molar-refractivity contribution in [3.05, 3.63) is 4.73 Å². The van der Waals surface area contributed by atoms with Gasteiger partial charge in [-0.05, 0) is 35.1 Å². The molecule has 0 saturated heterocycles. The number of halogens is 1. The van der Waals surface area contributed by atoms with Gasteiger partial charge < -0.3 is 9.64 Å². The molecule has 11 heteroatoms. The smallest absolute Gasteiger partial charge is 0.276 e. The third kappa shape index (κ3) is 8.26. The Morgan fingerprint density at radius 2 is 1.92 bits per heavy atom. The van der Waals surface area contributed by atoms with Crippen molar-refractivity contribution in [2.24, 2.45) is 0 Å². The van der Waals surface area contributed by atoms with Gasteiger partial charge in [-0.25, -0.2) is 17.8 Å². The first-order valence-electron chi connectivity index (χ1n) is 8.49. The zero-order chi connectivity index (χ0) is 19.1. The predicted octanol–water partition coefficient (Wildman–Crippen LogP) is 1.97. The molecule has 0 aliphatic heterocycles. The number of aromatic nitrogens is 3. The van der Waals surface area contributed by atoms with Crippen molar-refractivity contribution in [2.45, 2.75) is 51.4 Å². The highest BCUT2D eigenvalue weighted by atomic mass is 79.9. The average molecular weight is 456 g/mol. The summed E-state index contributed by atoms with van der Waals surface area (Å²) < 4.78 is 34.7. The Morgan fingerprint density at radius 1 is 1.28 bits per heavy atom. The predicted molar refractivity (Wildman–Crippen MR) is 105 cm³/mol. The van der Waals surface area contributed by atoms with Gasteiger partial charge in [0.2, 0.25) is 4.73 Å². The number of hydrogen-bond donors (Lipinski definition) is 1. The lowest BCUT2D eigenvalue weighted by molar-refractivity contribution is 0.0712. The first-order chi connectivity index (χ1) is 11.6. The molecule has 0 fully saturated rings. The second-order valence-corrected chi connectivity index (χ2v) is 14.9. The zero-order valence-corrected chi connectivity index (χ0v) is 19.2. The molecule has 1 N–H and O–H groups in total. The monoisotopic (exact) mass is 455 g/mol. The summed E-state index contributed by atoms with van der Waals surface area (Å²) in [5, 5.41) is 3.93. The number of nitrogens with one attached hydrogen (secondary N) is 1. The van der Waals surface area contributed by atoms with Crippen LogP contribution in [0.15, 0.2) is 9.89 Å². The maximum atomic E-state index is 12.5. The third-order valence-electron chi connectivity index (χ3n) is 3.68. The fourth-order valence-electron chi connectivity index (χ4n) is 2.06. The van der Waals surface area contributed by atoms with Crippen LogP contribution >= 0.6 is 15.9 Å². The van der Waals surface area contributed by atoms with Gasteiger partial charge >= 0.3 is 0 Å². The Hall–Kier alpha value is -0.333. The Bertz CT molecular complexity index is 629. The van der Waals surface area contributed by atoms with Crippen LogP contribution in [0.2, 0.25) is 25.7 Å². The molecular weight excluding hydrogens is 426 g/mol. The molecule has 0 aromatic carbocycles. The summed E-state index contributed by atoms with van der Waals surface area (Å²) in [7, 11) is -4.93. The summed E-state index contributed by atoms with van der Waals surface area (Å²) in [6.45, 7) is 14.3. The summed E-state index contributed by atoms with van der Waals surface area (Å²) in [6, 6.07) is 1.01. The van der Waals surface area contributed by atoms with E-state index in [-0.39, 0.29) is 16.6 Å². The van der Waals surface area contributed by atoms with Crippen molar-refractivity contribution in [1.29, 1.82) is 0 Å². The van der Waals surface area contributed by atoms with E-state index in [1.165, 1.54) is 4.68 Å². The molecule has 1 rings (SSSR count). The molecule has 0 atom stereocenters. The van der Waals surface area contributed by atoms with Gasteiger partial charge in [-0.15, -0.1) is 5.10 Å². The molecule has 0 saturated carbocycles.